The average Bonchev–Trinajstić information content (AvgIpc) is 3.20. The maximum Gasteiger partial charge on any atom is 0.250 e. The van der Waals surface area contributed by atoms with Gasteiger partial charge in [0, 0.05) is 5.56 Å². The van der Waals surface area contributed by atoms with Gasteiger partial charge < -0.3 is 8.85 Å². The zero-order valence-electron chi connectivity index (χ0n) is 20.6. The lowest BCUT2D eigenvalue weighted by Gasteiger charge is -2.41. The van der Waals surface area contributed by atoms with Crippen LogP contribution in [0.5, 0.6) is 5.75 Å². The summed E-state index contributed by atoms with van der Waals surface area (Å²) in [5.74, 6) is 1.01. The van der Waals surface area contributed by atoms with E-state index in [1.165, 1.54) is 22.3 Å². The maximum absolute atomic E-state index is 7.09. The smallest absolute Gasteiger partial charge is 0.250 e. The molecule has 1 unspecified atom stereocenters. The Morgan fingerprint density at radius 3 is 2.07 bits per heavy atom. The van der Waals surface area contributed by atoms with Crippen molar-refractivity contribution in [2.75, 3.05) is 0 Å². The zero-order valence-corrected chi connectivity index (χ0v) is 22.6. The standard InChI is InChI=1S/C26H40O2Si2/c1-25(2,3)29(7,8)27-22-17-13-16-20-18-21(19-14-11-12-15-19)24(23(20)22)28-30(9,10)26(4,5)6/h11,13-18,24H,12H2,1-10H3. The highest BCUT2D eigenvalue weighted by Gasteiger charge is 2.44. The van der Waals surface area contributed by atoms with Gasteiger partial charge in [-0.1, -0.05) is 71.9 Å². The summed E-state index contributed by atoms with van der Waals surface area (Å²) in [6.45, 7) is 23.2. The van der Waals surface area contributed by atoms with E-state index in [-0.39, 0.29) is 16.2 Å². The molecule has 0 bridgehead atoms. The Balaban J connectivity index is 2.09. The summed E-state index contributed by atoms with van der Waals surface area (Å²) in [6.07, 6.45) is 10.1. The number of hydrogen-bond acceptors (Lipinski definition) is 2. The van der Waals surface area contributed by atoms with Crippen molar-refractivity contribution in [3.05, 3.63) is 58.7 Å². The summed E-state index contributed by atoms with van der Waals surface area (Å²) in [4.78, 5) is 0. The van der Waals surface area contributed by atoms with Crippen molar-refractivity contribution in [2.45, 2.75) is 90.3 Å². The third-order valence-corrected chi connectivity index (χ3v) is 16.2. The Morgan fingerprint density at radius 1 is 0.900 bits per heavy atom. The van der Waals surface area contributed by atoms with Gasteiger partial charge in [0.1, 0.15) is 11.9 Å². The summed E-state index contributed by atoms with van der Waals surface area (Å²) in [6, 6.07) is 6.49. The van der Waals surface area contributed by atoms with Gasteiger partial charge in [-0.2, -0.15) is 0 Å². The van der Waals surface area contributed by atoms with Crippen molar-refractivity contribution >= 4 is 22.7 Å². The number of hydrogen-bond donors (Lipinski definition) is 0. The molecule has 1 aromatic rings. The minimum Gasteiger partial charge on any atom is -0.543 e. The third-order valence-electron chi connectivity index (χ3n) is 7.45. The van der Waals surface area contributed by atoms with Crippen LogP contribution in [-0.4, -0.2) is 16.6 Å². The fourth-order valence-corrected chi connectivity index (χ4v) is 5.61. The first-order chi connectivity index (χ1) is 13.6. The van der Waals surface area contributed by atoms with Crippen LogP contribution in [0.15, 0.2) is 47.6 Å². The second kappa shape index (κ2) is 7.65. The molecule has 0 aliphatic heterocycles. The first kappa shape index (κ1) is 23.3. The quantitative estimate of drug-likeness (QED) is 0.428. The van der Waals surface area contributed by atoms with E-state index in [9.17, 15) is 0 Å². The molecule has 0 spiro atoms. The molecule has 0 aromatic heterocycles. The van der Waals surface area contributed by atoms with Gasteiger partial charge in [-0.15, -0.1) is 0 Å². The summed E-state index contributed by atoms with van der Waals surface area (Å²) in [5.41, 5.74) is 5.05. The van der Waals surface area contributed by atoms with E-state index in [1.807, 2.05) is 0 Å². The highest BCUT2D eigenvalue weighted by Crippen LogP contribution is 2.51. The molecule has 0 amide bonds. The molecular formula is C26H40O2Si2. The predicted molar refractivity (Wildman–Crippen MR) is 135 cm³/mol. The molecule has 4 heteroatoms. The van der Waals surface area contributed by atoms with Crippen molar-refractivity contribution in [2.24, 2.45) is 0 Å². The van der Waals surface area contributed by atoms with Crippen LogP contribution in [-0.2, 0) is 4.43 Å². The Labute approximate surface area is 186 Å². The van der Waals surface area contributed by atoms with Gasteiger partial charge in [-0.3, -0.25) is 0 Å². The Morgan fingerprint density at radius 2 is 1.53 bits per heavy atom. The first-order valence-corrected chi connectivity index (χ1v) is 17.0. The van der Waals surface area contributed by atoms with Crippen molar-refractivity contribution in [3.63, 3.8) is 0 Å². The molecule has 1 aromatic carbocycles. The first-order valence-electron chi connectivity index (χ1n) is 11.2. The van der Waals surface area contributed by atoms with Crippen LogP contribution in [0.1, 0.15) is 65.2 Å². The van der Waals surface area contributed by atoms with Gasteiger partial charge in [0.15, 0.2) is 8.32 Å². The van der Waals surface area contributed by atoms with Crippen LogP contribution < -0.4 is 4.43 Å². The second-order valence-electron chi connectivity index (χ2n) is 11.8. The Hall–Kier alpha value is -1.37. The molecule has 0 N–H and O–H groups in total. The highest BCUT2D eigenvalue weighted by molar-refractivity contribution is 6.75. The monoisotopic (exact) mass is 440 g/mol. The largest absolute Gasteiger partial charge is 0.543 e. The zero-order chi connectivity index (χ0) is 22.5. The summed E-state index contributed by atoms with van der Waals surface area (Å²) < 4.78 is 13.9. The molecule has 2 nitrogen and oxygen atoms in total. The fraction of sp³-hybridized carbons (Fsp3) is 0.538. The van der Waals surface area contributed by atoms with Gasteiger partial charge in [0.25, 0.3) is 0 Å². The number of fused-ring (bicyclic) bond motifs is 1. The summed E-state index contributed by atoms with van der Waals surface area (Å²) in [5, 5.41) is 0.299. The van der Waals surface area contributed by atoms with E-state index >= 15 is 0 Å². The second-order valence-corrected chi connectivity index (χ2v) is 21.3. The van der Waals surface area contributed by atoms with Gasteiger partial charge in [0.05, 0.1) is 0 Å². The number of benzene rings is 1. The molecule has 0 fully saturated rings. The number of rotatable bonds is 5. The van der Waals surface area contributed by atoms with Crippen LogP contribution in [0.3, 0.4) is 0 Å². The van der Waals surface area contributed by atoms with E-state index in [0.717, 1.165) is 12.2 Å². The van der Waals surface area contributed by atoms with Gasteiger partial charge in [0.2, 0.25) is 8.32 Å². The Bertz CT molecular complexity index is 906. The van der Waals surface area contributed by atoms with E-state index < -0.39 is 16.6 Å². The van der Waals surface area contributed by atoms with Crippen LogP contribution in [0.2, 0.25) is 36.3 Å². The molecule has 0 saturated carbocycles. The van der Waals surface area contributed by atoms with Gasteiger partial charge in [-0.05, 0) is 71.5 Å². The third kappa shape index (κ3) is 4.32. The lowest BCUT2D eigenvalue weighted by Crippen LogP contribution is -2.44. The topological polar surface area (TPSA) is 18.5 Å². The van der Waals surface area contributed by atoms with Crippen LogP contribution in [0.4, 0.5) is 0 Å². The molecule has 164 valence electrons. The van der Waals surface area contributed by atoms with Crippen molar-refractivity contribution in [1.82, 2.24) is 0 Å². The fourth-order valence-electron chi connectivity index (χ4n) is 3.38. The molecule has 2 aliphatic rings. The van der Waals surface area contributed by atoms with Crippen LogP contribution in [0.25, 0.3) is 6.08 Å². The summed E-state index contributed by atoms with van der Waals surface area (Å²) in [7, 11) is -3.95. The van der Waals surface area contributed by atoms with E-state index in [2.05, 4.69) is 110 Å². The van der Waals surface area contributed by atoms with Gasteiger partial charge in [-0.25, -0.2) is 0 Å². The van der Waals surface area contributed by atoms with E-state index in [4.69, 9.17) is 8.85 Å². The van der Waals surface area contributed by atoms with E-state index in [0.29, 0.717) is 0 Å². The SMILES string of the molecule is CC(C)(C)[Si](C)(C)Oc1cccc2c1C(O[Si](C)(C)C(C)(C)C)C(C1=CCC=C1)=C2. The molecule has 0 heterocycles. The molecule has 30 heavy (non-hydrogen) atoms. The normalized spacial score (nSPS) is 19.6. The Kier molecular flexibility index (Phi) is 5.94. The molecular weight excluding hydrogens is 400 g/mol. The molecule has 3 rings (SSSR count). The molecule has 1 atom stereocenters. The van der Waals surface area contributed by atoms with Gasteiger partial charge >= 0.3 is 0 Å². The minimum absolute atomic E-state index is 0.0594. The van der Waals surface area contributed by atoms with Crippen LogP contribution >= 0.6 is 0 Å². The minimum atomic E-state index is -1.99. The maximum atomic E-state index is 7.09. The predicted octanol–water partition coefficient (Wildman–Crippen LogP) is 8.42. The number of allylic oxidation sites excluding steroid dienone is 3. The molecule has 0 radical (unpaired) electrons. The molecule has 0 saturated heterocycles. The van der Waals surface area contributed by atoms with Crippen molar-refractivity contribution in [1.29, 1.82) is 0 Å². The van der Waals surface area contributed by atoms with Crippen LogP contribution in [0, 0.1) is 0 Å². The molecule has 2 aliphatic carbocycles. The lowest BCUT2D eigenvalue weighted by molar-refractivity contribution is 0.221. The van der Waals surface area contributed by atoms with Crippen molar-refractivity contribution < 1.29 is 8.85 Å². The van der Waals surface area contributed by atoms with Crippen molar-refractivity contribution in [3.8, 4) is 5.75 Å². The highest BCUT2D eigenvalue weighted by atomic mass is 28.4. The summed E-state index contributed by atoms with van der Waals surface area (Å²) >= 11 is 0. The average molecular weight is 441 g/mol. The van der Waals surface area contributed by atoms with E-state index in [1.54, 1.807) is 0 Å². The lowest BCUT2D eigenvalue weighted by atomic mass is 10.0.